The van der Waals surface area contributed by atoms with E-state index in [2.05, 4.69) is 6.92 Å². The number of rotatable bonds is 13. The first-order valence-corrected chi connectivity index (χ1v) is 11.4. The van der Waals surface area contributed by atoms with E-state index in [4.69, 9.17) is 4.74 Å². The van der Waals surface area contributed by atoms with Crippen molar-refractivity contribution < 1.29 is 29.7 Å². The zero-order chi connectivity index (χ0) is 21.1. The van der Waals surface area contributed by atoms with Gasteiger partial charge in [-0.25, -0.2) is 0 Å². The van der Waals surface area contributed by atoms with Crippen LogP contribution in [0.5, 0.6) is 0 Å². The number of aliphatic hydroxyl groups excluding tert-OH is 4. The number of nitrogens with zero attached hydrogens (tertiary/aromatic N) is 1. The summed E-state index contributed by atoms with van der Waals surface area (Å²) in [6.45, 7) is 1.83. The van der Waals surface area contributed by atoms with Crippen molar-refractivity contribution in [3.63, 3.8) is 0 Å². The fourth-order valence-corrected chi connectivity index (χ4v) is 3.95. The minimum Gasteiger partial charge on any atom is -0.394 e. The number of unbranched alkanes of at least 4 members (excludes halogenated alkanes) is 9. The molecule has 2 rings (SSSR count). The lowest BCUT2D eigenvalue weighted by molar-refractivity contribution is -0.778. The highest BCUT2D eigenvalue weighted by molar-refractivity contribution is 5.07. The van der Waals surface area contributed by atoms with Crippen LogP contribution >= 0.6 is 0 Å². The van der Waals surface area contributed by atoms with Crippen molar-refractivity contribution in [2.45, 2.75) is 108 Å². The molecule has 0 saturated carbocycles. The van der Waals surface area contributed by atoms with Crippen LogP contribution in [-0.4, -0.2) is 51.4 Å². The first-order chi connectivity index (χ1) is 14.1. The van der Waals surface area contributed by atoms with E-state index in [9.17, 15) is 20.4 Å². The SMILES string of the molecule is CCCCCCCCCCCCc1cc[n+]([C@H]2O[C@H](CO)[C@@H](O)[C@H](O)[C@H]2O)cc1. The smallest absolute Gasteiger partial charge is 0.292 e. The number of aromatic nitrogens is 1. The van der Waals surface area contributed by atoms with Crippen LogP contribution in [0.15, 0.2) is 24.5 Å². The highest BCUT2D eigenvalue weighted by Gasteiger charge is 2.47. The summed E-state index contributed by atoms with van der Waals surface area (Å²) in [5.74, 6) is 0. The van der Waals surface area contributed by atoms with Gasteiger partial charge in [0.2, 0.25) is 0 Å². The van der Waals surface area contributed by atoms with E-state index >= 15 is 0 Å². The van der Waals surface area contributed by atoms with Crippen LogP contribution in [0.25, 0.3) is 0 Å². The van der Waals surface area contributed by atoms with Gasteiger partial charge >= 0.3 is 0 Å². The van der Waals surface area contributed by atoms with Gasteiger partial charge in [0, 0.05) is 12.1 Å². The van der Waals surface area contributed by atoms with E-state index in [0.717, 1.165) is 6.42 Å². The van der Waals surface area contributed by atoms with Crippen molar-refractivity contribution in [3.8, 4) is 0 Å². The lowest BCUT2D eigenvalue weighted by atomic mass is 9.98. The number of aliphatic hydroxyl groups is 4. The van der Waals surface area contributed by atoms with Gasteiger partial charge in [-0.15, -0.1) is 0 Å². The summed E-state index contributed by atoms with van der Waals surface area (Å²) < 4.78 is 7.25. The lowest BCUT2D eigenvalue weighted by Gasteiger charge is -2.36. The van der Waals surface area contributed by atoms with Gasteiger partial charge in [0.1, 0.15) is 18.3 Å². The summed E-state index contributed by atoms with van der Waals surface area (Å²) in [6.07, 6.45) is 12.2. The van der Waals surface area contributed by atoms with Crippen LogP contribution in [-0.2, 0) is 11.2 Å². The Kier molecular flexibility index (Phi) is 11.1. The molecule has 1 fully saturated rings. The van der Waals surface area contributed by atoms with Crippen molar-refractivity contribution in [2.24, 2.45) is 0 Å². The number of aryl methyl sites for hydroxylation is 1. The second kappa shape index (κ2) is 13.3. The van der Waals surface area contributed by atoms with Crippen LogP contribution in [0.3, 0.4) is 0 Å². The third-order valence-corrected chi connectivity index (χ3v) is 5.90. The topological polar surface area (TPSA) is 94.0 Å². The second-order valence-corrected chi connectivity index (χ2v) is 8.31. The first-order valence-electron chi connectivity index (χ1n) is 11.4. The molecular formula is C23H40NO5+. The van der Waals surface area contributed by atoms with Gasteiger partial charge in [-0.3, -0.25) is 0 Å². The predicted octanol–water partition coefficient (Wildman–Crippen LogP) is 2.41. The fraction of sp³-hybridized carbons (Fsp3) is 0.783. The molecule has 0 bridgehead atoms. The Labute approximate surface area is 175 Å². The van der Waals surface area contributed by atoms with Crippen LogP contribution < -0.4 is 4.57 Å². The fourth-order valence-electron chi connectivity index (χ4n) is 3.95. The molecule has 0 aliphatic carbocycles. The molecule has 5 atom stereocenters. The molecule has 0 amide bonds. The maximum absolute atomic E-state index is 10.2. The predicted molar refractivity (Wildman–Crippen MR) is 111 cm³/mol. The van der Waals surface area contributed by atoms with Gasteiger partial charge in [-0.05, 0) is 18.4 Å². The van der Waals surface area contributed by atoms with E-state index in [0.29, 0.717) is 0 Å². The maximum atomic E-state index is 10.2. The Morgan fingerprint density at radius 2 is 1.34 bits per heavy atom. The summed E-state index contributed by atoms with van der Waals surface area (Å²) in [5, 5.41) is 39.3. The Bertz CT molecular complexity index is 551. The molecule has 0 unspecified atom stereocenters. The quantitative estimate of drug-likeness (QED) is 0.296. The Morgan fingerprint density at radius 1 is 0.793 bits per heavy atom. The normalized spacial score (nSPS) is 27.3. The summed E-state index contributed by atoms with van der Waals surface area (Å²) in [4.78, 5) is 0. The van der Waals surface area contributed by atoms with Gasteiger partial charge in [-0.1, -0.05) is 64.7 Å². The van der Waals surface area contributed by atoms with E-state index in [1.807, 2.05) is 24.5 Å². The molecule has 0 radical (unpaired) electrons. The third-order valence-electron chi connectivity index (χ3n) is 5.90. The summed E-state index contributed by atoms with van der Waals surface area (Å²) in [5.41, 5.74) is 1.23. The molecule has 0 aromatic carbocycles. The standard InChI is InChI=1S/C23H40NO5/c1-2-3-4-5-6-7-8-9-10-11-12-18-13-15-24(16-14-18)23-22(28)21(27)20(26)19(17-25)29-23/h13-16,19-23,25-28H,2-12,17H2,1H3/q+1/t19-,20-,21+,22-,23+/m1/s1. The van der Waals surface area contributed by atoms with Crippen molar-refractivity contribution in [2.75, 3.05) is 6.61 Å². The second-order valence-electron chi connectivity index (χ2n) is 8.31. The summed E-state index contributed by atoms with van der Waals surface area (Å²) in [7, 11) is 0. The minimum absolute atomic E-state index is 0.418. The van der Waals surface area contributed by atoms with Crippen LogP contribution in [0, 0.1) is 0 Å². The Hall–Kier alpha value is -1.05. The van der Waals surface area contributed by atoms with E-state index in [1.165, 1.54) is 69.8 Å². The molecule has 1 aromatic rings. The minimum atomic E-state index is -1.36. The molecule has 1 saturated heterocycles. The molecule has 2 heterocycles. The Morgan fingerprint density at radius 3 is 1.90 bits per heavy atom. The van der Waals surface area contributed by atoms with Crippen molar-refractivity contribution in [3.05, 3.63) is 30.1 Å². The zero-order valence-corrected chi connectivity index (χ0v) is 17.8. The van der Waals surface area contributed by atoms with Gasteiger partial charge in [0.15, 0.2) is 18.5 Å². The molecule has 166 valence electrons. The number of ether oxygens (including phenoxy) is 1. The molecule has 1 aromatic heterocycles. The number of pyridine rings is 1. The highest BCUT2D eigenvalue weighted by atomic mass is 16.6. The van der Waals surface area contributed by atoms with Gasteiger partial charge in [0.25, 0.3) is 6.23 Å². The average molecular weight is 411 g/mol. The summed E-state index contributed by atoms with van der Waals surface area (Å²) in [6, 6.07) is 3.99. The highest BCUT2D eigenvalue weighted by Crippen LogP contribution is 2.24. The zero-order valence-electron chi connectivity index (χ0n) is 17.8. The monoisotopic (exact) mass is 410 g/mol. The molecule has 0 spiro atoms. The first kappa shape index (κ1) is 24.2. The number of hydrogen-bond acceptors (Lipinski definition) is 5. The number of hydrogen-bond donors (Lipinski definition) is 4. The van der Waals surface area contributed by atoms with Crippen molar-refractivity contribution >= 4 is 0 Å². The van der Waals surface area contributed by atoms with Gasteiger partial charge < -0.3 is 25.2 Å². The largest absolute Gasteiger partial charge is 0.394 e. The van der Waals surface area contributed by atoms with E-state index in [-0.39, 0.29) is 0 Å². The molecule has 29 heavy (non-hydrogen) atoms. The molecule has 4 N–H and O–H groups in total. The lowest BCUT2D eigenvalue weighted by Crippen LogP contribution is -2.62. The van der Waals surface area contributed by atoms with E-state index in [1.54, 1.807) is 4.57 Å². The summed E-state index contributed by atoms with van der Waals surface area (Å²) >= 11 is 0. The third kappa shape index (κ3) is 7.61. The molecule has 1 aliphatic heterocycles. The van der Waals surface area contributed by atoms with Crippen LogP contribution in [0.2, 0.25) is 0 Å². The molecular weight excluding hydrogens is 370 g/mol. The Balaban J connectivity index is 1.68. The average Bonchev–Trinajstić information content (AvgIpc) is 2.74. The van der Waals surface area contributed by atoms with E-state index < -0.39 is 37.3 Å². The van der Waals surface area contributed by atoms with Crippen LogP contribution in [0.4, 0.5) is 0 Å². The molecule has 6 nitrogen and oxygen atoms in total. The molecule has 1 aliphatic rings. The van der Waals surface area contributed by atoms with Crippen molar-refractivity contribution in [1.29, 1.82) is 0 Å². The van der Waals surface area contributed by atoms with Crippen LogP contribution in [0.1, 0.15) is 82.9 Å². The maximum Gasteiger partial charge on any atom is 0.292 e. The van der Waals surface area contributed by atoms with Gasteiger partial charge in [-0.2, -0.15) is 4.57 Å². The van der Waals surface area contributed by atoms with Gasteiger partial charge in [0.05, 0.1) is 6.61 Å². The molecule has 6 heteroatoms. The van der Waals surface area contributed by atoms with Crippen molar-refractivity contribution in [1.82, 2.24) is 0 Å².